The van der Waals surface area contributed by atoms with E-state index >= 15 is 0 Å². The van der Waals surface area contributed by atoms with Gasteiger partial charge in [0.25, 0.3) is 5.91 Å². The molecule has 0 spiro atoms. The van der Waals surface area contributed by atoms with Gasteiger partial charge in [0.05, 0.1) is 51.1 Å². The lowest BCUT2D eigenvalue weighted by Crippen LogP contribution is -2.48. The molecule has 0 radical (unpaired) electrons. The van der Waals surface area contributed by atoms with E-state index in [4.69, 9.17) is 18.9 Å². The van der Waals surface area contributed by atoms with Crippen LogP contribution in [0.4, 0.5) is 11.4 Å². The van der Waals surface area contributed by atoms with E-state index in [1.165, 1.54) is 33.5 Å². The van der Waals surface area contributed by atoms with Crippen LogP contribution in [0.5, 0.6) is 17.2 Å². The van der Waals surface area contributed by atoms with Gasteiger partial charge in [-0.1, -0.05) is 12.1 Å². The molecule has 11 heteroatoms. The van der Waals surface area contributed by atoms with Crippen molar-refractivity contribution >= 4 is 33.3 Å². The van der Waals surface area contributed by atoms with Gasteiger partial charge < -0.3 is 24.3 Å². The standard InChI is InChI=1S/C20H22N2O8S/c1-27-16-9-12(20(24)29-3)13(10-17(16)28-2)21-19(23)18-11-22(31(4,25)26)14-7-5-6-8-15(14)30-18/h5-10,18H,11H2,1-4H3,(H,21,23)/t18-/m0/s1. The van der Waals surface area contributed by atoms with Gasteiger partial charge in [0.15, 0.2) is 17.6 Å². The van der Waals surface area contributed by atoms with Crippen LogP contribution in [0.3, 0.4) is 0 Å². The first-order valence-electron chi connectivity index (χ1n) is 9.08. The fourth-order valence-electron chi connectivity index (χ4n) is 3.13. The number of para-hydroxylation sites is 2. The number of amides is 1. The Bertz CT molecular complexity index is 1120. The molecule has 2 aromatic carbocycles. The van der Waals surface area contributed by atoms with E-state index in [1.807, 2.05) is 0 Å². The molecule has 0 aromatic heterocycles. The molecule has 31 heavy (non-hydrogen) atoms. The molecular weight excluding hydrogens is 428 g/mol. The molecular formula is C20H22N2O8S. The lowest BCUT2D eigenvalue weighted by Gasteiger charge is -2.33. The van der Waals surface area contributed by atoms with Crippen LogP contribution in [0.15, 0.2) is 36.4 Å². The van der Waals surface area contributed by atoms with E-state index in [2.05, 4.69) is 5.32 Å². The zero-order valence-electron chi connectivity index (χ0n) is 17.4. The Morgan fingerprint density at radius 1 is 1.10 bits per heavy atom. The number of rotatable bonds is 6. The van der Waals surface area contributed by atoms with Crippen LogP contribution in [-0.2, 0) is 19.6 Å². The van der Waals surface area contributed by atoms with Crippen molar-refractivity contribution in [2.45, 2.75) is 6.10 Å². The minimum absolute atomic E-state index is 0.0321. The predicted molar refractivity (Wildman–Crippen MR) is 113 cm³/mol. The van der Waals surface area contributed by atoms with Gasteiger partial charge in [-0.2, -0.15) is 0 Å². The monoisotopic (exact) mass is 450 g/mol. The van der Waals surface area contributed by atoms with E-state index in [0.717, 1.165) is 10.6 Å². The molecule has 0 fully saturated rings. The quantitative estimate of drug-likeness (QED) is 0.660. The van der Waals surface area contributed by atoms with E-state index in [0.29, 0.717) is 5.69 Å². The lowest BCUT2D eigenvalue weighted by molar-refractivity contribution is -0.122. The van der Waals surface area contributed by atoms with Gasteiger partial charge >= 0.3 is 5.97 Å². The van der Waals surface area contributed by atoms with Crippen molar-refractivity contribution in [3.05, 3.63) is 42.0 Å². The van der Waals surface area contributed by atoms with E-state index < -0.39 is 28.0 Å². The number of nitrogens with one attached hydrogen (secondary N) is 1. The zero-order chi connectivity index (χ0) is 22.8. The number of anilines is 2. The summed E-state index contributed by atoms with van der Waals surface area (Å²) < 4.78 is 46.6. The van der Waals surface area contributed by atoms with Crippen molar-refractivity contribution in [2.24, 2.45) is 0 Å². The van der Waals surface area contributed by atoms with Crippen molar-refractivity contribution in [1.29, 1.82) is 0 Å². The topological polar surface area (TPSA) is 120 Å². The Hall–Kier alpha value is -3.47. The SMILES string of the molecule is COC(=O)c1cc(OC)c(OC)cc1NC(=O)[C@@H]1CN(S(C)(=O)=O)c2ccccc2O1. The first-order valence-corrected chi connectivity index (χ1v) is 10.9. The Morgan fingerprint density at radius 3 is 2.35 bits per heavy atom. The third kappa shape index (κ3) is 4.50. The van der Waals surface area contributed by atoms with Crippen molar-refractivity contribution < 1.29 is 37.0 Å². The summed E-state index contributed by atoms with van der Waals surface area (Å²) in [5, 5.41) is 2.60. The number of hydrogen-bond donors (Lipinski definition) is 1. The Balaban J connectivity index is 1.95. The molecule has 10 nitrogen and oxygen atoms in total. The summed E-state index contributed by atoms with van der Waals surface area (Å²) in [5.41, 5.74) is 0.475. The van der Waals surface area contributed by atoms with Crippen molar-refractivity contribution in [3.63, 3.8) is 0 Å². The first-order chi connectivity index (χ1) is 14.7. The number of sulfonamides is 1. The molecule has 1 aliphatic rings. The van der Waals surface area contributed by atoms with Gasteiger partial charge in [0, 0.05) is 12.1 Å². The highest BCUT2D eigenvalue weighted by Gasteiger charge is 2.35. The molecule has 3 rings (SSSR count). The molecule has 166 valence electrons. The number of hydrogen-bond acceptors (Lipinski definition) is 8. The van der Waals surface area contributed by atoms with Crippen LogP contribution in [0.25, 0.3) is 0 Å². The summed E-state index contributed by atoms with van der Waals surface area (Å²) in [4.78, 5) is 25.2. The molecule has 1 N–H and O–H groups in total. The normalized spacial score (nSPS) is 15.4. The van der Waals surface area contributed by atoms with Crippen LogP contribution >= 0.6 is 0 Å². The summed E-state index contributed by atoms with van der Waals surface area (Å²) in [5.74, 6) is -0.561. The Kier molecular flexibility index (Phi) is 6.25. The average molecular weight is 450 g/mol. The minimum Gasteiger partial charge on any atom is -0.493 e. The number of fused-ring (bicyclic) bond motifs is 1. The molecule has 0 aliphatic carbocycles. The molecule has 0 unspecified atom stereocenters. The van der Waals surface area contributed by atoms with E-state index in [-0.39, 0.29) is 35.0 Å². The summed E-state index contributed by atoms with van der Waals surface area (Å²) in [6.45, 7) is -0.234. The molecule has 0 saturated heterocycles. The number of carbonyl (C=O) groups excluding carboxylic acids is 2. The van der Waals surface area contributed by atoms with E-state index in [9.17, 15) is 18.0 Å². The van der Waals surface area contributed by atoms with Gasteiger partial charge in [-0.3, -0.25) is 9.10 Å². The highest BCUT2D eigenvalue weighted by molar-refractivity contribution is 7.92. The maximum Gasteiger partial charge on any atom is 0.340 e. The highest BCUT2D eigenvalue weighted by atomic mass is 32.2. The zero-order valence-corrected chi connectivity index (χ0v) is 18.2. The summed E-state index contributed by atoms with van der Waals surface area (Å²) in [6.07, 6.45) is -0.114. The fraction of sp³-hybridized carbons (Fsp3) is 0.300. The summed E-state index contributed by atoms with van der Waals surface area (Å²) in [6, 6.07) is 9.29. The second-order valence-electron chi connectivity index (χ2n) is 6.60. The fourth-order valence-corrected chi connectivity index (χ4v) is 4.04. The molecule has 2 aromatic rings. The maximum absolute atomic E-state index is 13.0. The van der Waals surface area contributed by atoms with Gasteiger partial charge in [0.1, 0.15) is 5.75 Å². The lowest BCUT2D eigenvalue weighted by atomic mass is 10.1. The van der Waals surface area contributed by atoms with Gasteiger partial charge in [-0.15, -0.1) is 0 Å². The molecule has 0 bridgehead atoms. The first kappa shape index (κ1) is 22.2. The number of methoxy groups -OCH3 is 3. The van der Waals surface area contributed by atoms with Gasteiger partial charge in [0.2, 0.25) is 10.0 Å². The van der Waals surface area contributed by atoms with Crippen molar-refractivity contribution in [3.8, 4) is 17.2 Å². The van der Waals surface area contributed by atoms with Gasteiger partial charge in [-0.05, 0) is 12.1 Å². The average Bonchev–Trinajstić information content (AvgIpc) is 2.76. The number of carbonyl (C=O) groups is 2. The van der Waals surface area contributed by atoms with Crippen LogP contribution in [0, 0.1) is 0 Å². The van der Waals surface area contributed by atoms with Crippen LogP contribution in [-0.4, -0.2) is 60.5 Å². The molecule has 1 heterocycles. The smallest absolute Gasteiger partial charge is 0.340 e. The maximum atomic E-state index is 13.0. The van der Waals surface area contributed by atoms with Crippen LogP contribution in [0.2, 0.25) is 0 Å². The number of esters is 1. The number of benzene rings is 2. The third-order valence-corrected chi connectivity index (χ3v) is 5.76. The number of ether oxygens (including phenoxy) is 4. The van der Waals surface area contributed by atoms with Crippen molar-refractivity contribution in [2.75, 3.05) is 43.8 Å². The largest absolute Gasteiger partial charge is 0.493 e. The molecule has 1 amide bonds. The highest BCUT2D eigenvalue weighted by Crippen LogP contribution is 2.36. The summed E-state index contributed by atoms with van der Waals surface area (Å²) in [7, 11) is 0.359. The number of nitrogens with zero attached hydrogens (tertiary/aromatic N) is 1. The van der Waals surface area contributed by atoms with E-state index in [1.54, 1.807) is 24.3 Å². The van der Waals surface area contributed by atoms with Gasteiger partial charge in [-0.25, -0.2) is 13.2 Å². The molecule has 1 atom stereocenters. The Labute approximate surface area is 179 Å². The predicted octanol–water partition coefficient (Wildman–Crippen LogP) is 1.66. The van der Waals surface area contributed by atoms with Crippen LogP contribution < -0.4 is 23.8 Å². The molecule has 1 aliphatic heterocycles. The third-order valence-electron chi connectivity index (χ3n) is 4.61. The van der Waals surface area contributed by atoms with Crippen molar-refractivity contribution in [1.82, 2.24) is 0 Å². The molecule has 0 saturated carbocycles. The van der Waals surface area contributed by atoms with Crippen LogP contribution in [0.1, 0.15) is 10.4 Å². The summed E-state index contributed by atoms with van der Waals surface area (Å²) >= 11 is 0. The second kappa shape index (κ2) is 8.72. The minimum atomic E-state index is -3.66. The second-order valence-corrected chi connectivity index (χ2v) is 8.51. The Morgan fingerprint density at radius 2 is 1.74 bits per heavy atom.